The molecule has 1 fully saturated rings. The lowest BCUT2D eigenvalue weighted by molar-refractivity contribution is -0.142. The van der Waals surface area contributed by atoms with E-state index in [9.17, 15) is 22.8 Å². The molecular weight excluding hydrogens is 565 g/mol. The van der Waals surface area contributed by atoms with Gasteiger partial charge in [0.25, 0.3) is 0 Å². The number of carbonyl (C=O) groups is 2. The Morgan fingerprint density at radius 1 is 1.19 bits per heavy atom. The fraction of sp³-hybridized carbons (Fsp3) is 0.333. The van der Waals surface area contributed by atoms with Crippen molar-refractivity contribution in [1.29, 1.82) is 0 Å². The summed E-state index contributed by atoms with van der Waals surface area (Å²) in [7, 11) is 1.87. The van der Waals surface area contributed by atoms with E-state index in [-0.39, 0.29) is 17.1 Å². The van der Waals surface area contributed by atoms with Crippen LogP contribution in [-0.4, -0.2) is 51.4 Å². The van der Waals surface area contributed by atoms with Crippen molar-refractivity contribution in [2.45, 2.75) is 51.6 Å². The molecule has 43 heavy (non-hydrogen) atoms. The highest BCUT2D eigenvalue weighted by molar-refractivity contribution is 5.67. The maximum absolute atomic E-state index is 12.5. The van der Waals surface area contributed by atoms with Crippen LogP contribution in [0.25, 0.3) is 16.9 Å². The quantitative estimate of drug-likeness (QED) is 0.215. The lowest BCUT2D eigenvalue weighted by Crippen LogP contribution is -2.10. The third-order valence-corrected chi connectivity index (χ3v) is 6.20. The minimum Gasteiger partial charge on any atom is -0.481 e. The summed E-state index contributed by atoms with van der Waals surface area (Å²) in [6.07, 6.45) is 9.23. The molecule has 0 saturated heterocycles. The van der Waals surface area contributed by atoms with Crippen molar-refractivity contribution in [1.82, 2.24) is 19.7 Å². The van der Waals surface area contributed by atoms with Crippen LogP contribution in [-0.2, 0) is 15.8 Å². The summed E-state index contributed by atoms with van der Waals surface area (Å²) in [5.41, 5.74) is 1.76. The third-order valence-electron chi connectivity index (χ3n) is 6.20. The van der Waals surface area contributed by atoms with Gasteiger partial charge in [-0.1, -0.05) is 44.1 Å². The number of benzene rings is 1. The van der Waals surface area contributed by atoms with Gasteiger partial charge in [0.2, 0.25) is 0 Å². The number of H-pyrrole nitrogens is 1. The Labute approximate surface area is 248 Å². The molecule has 0 radical (unpaired) electrons. The Kier molecular flexibility index (Phi) is 15.7. The molecule has 0 bridgehead atoms. The van der Waals surface area contributed by atoms with E-state index in [0.29, 0.717) is 12.3 Å². The smallest absolute Gasteiger partial charge is 0.435 e. The highest BCUT2D eigenvalue weighted by atomic mass is 19.4. The first-order chi connectivity index (χ1) is 20.5. The number of aryl methyl sites for hydroxylation is 1. The molecule has 1 saturated carbocycles. The van der Waals surface area contributed by atoms with Gasteiger partial charge in [0.15, 0.2) is 11.5 Å². The van der Waals surface area contributed by atoms with Gasteiger partial charge in [-0.3, -0.25) is 4.79 Å². The average molecular weight is 603 g/mol. The molecule has 13 heteroatoms. The highest BCUT2D eigenvalue weighted by Crippen LogP contribution is 2.31. The van der Waals surface area contributed by atoms with Gasteiger partial charge in [-0.25, -0.2) is 19.5 Å². The van der Waals surface area contributed by atoms with Crippen LogP contribution in [0.3, 0.4) is 0 Å². The number of carboxylic acid groups (broad SMARTS) is 1. The molecule has 0 atom stereocenters. The van der Waals surface area contributed by atoms with Crippen LogP contribution in [0.5, 0.6) is 0 Å². The normalized spacial score (nSPS) is 13.1. The fourth-order valence-electron chi connectivity index (χ4n) is 4.13. The highest BCUT2D eigenvalue weighted by Gasteiger charge is 2.36. The van der Waals surface area contributed by atoms with Crippen LogP contribution in [0, 0.1) is 12.8 Å². The molecule has 2 heterocycles. The number of nitrogens with zero attached hydrogens (tertiary/aromatic N) is 4. The predicted octanol–water partition coefficient (Wildman–Crippen LogP) is 6.23. The van der Waals surface area contributed by atoms with E-state index >= 15 is 0 Å². The zero-order valence-corrected chi connectivity index (χ0v) is 24.2. The Morgan fingerprint density at radius 3 is 2.26 bits per heavy atom. The summed E-state index contributed by atoms with van der Waals surface area (Å²) in [4.78, 5) is 38.8. The Hall–Kier alpha value is -4.81. The molecule has 3 aromatic rings. The third kappa shape index (κ3) is 12.7. The van der Waals surface area contributed by atoms with Crippen molar-refractivity contribution in [3.05, 3.63) is 83.3 Å². The second-order valence-corrected chi connectivity index (χ2v) is 9.26. The summed E-state index contributed by atoms with van der Waals surface area (Å²) >= 11 is 0. The second kappa shape index (κ2) is 18.6. The number of hydrogen-bond acceptors (Lipinski definition) is 7. The van der Waals surface area contributed by atoms with E-state index < -0.39 is 17.8 Å². The Morgan fingerprint density at radius 2 is 1.81 bits per heavy atom. The Balaban J connectivity index is 0.000000321. The van der Waals surface area contributed by atoms with E-state index in [2.05, 4.69) is 38.7 Å². The van der Waals surface area contributed by atoms with Gasteiger partial charge in [0.1, 0.15) is 6.79 Å². The summed E-state index contributed by atoms with van der Waals surface area (Å²) in [6.45, 7) is 10.0. The number of aliphatic imine (C=N–C) groups is 1. The van der Waals surface area contributed by atoms with Crippen molar-refractivity contribution >= 4 is 31.0 Å². The summed E-state index contributed by atoms with van der Waals surface area (Å²) in [6, 6.07) is 7.89. The molecule has 0 aliphatic heterocycles. The van der Waals surface area contributed by atoms with Crippen molar-refractivity contribution in [3.63, 3.8) is 0 Å². The van der Waals surface area contributed by atoms with Crippen LogP contribution in [0.2, 0.25) is 0 Å². The van der Waals surface area contributed by atoms with Gasteiger partial charge < -0.3 is 20.2 Å². The fourth-order valence-corrected chi connectivity index (χ4v) is 4.13. The van der Waals surface area contributed by atoms with Gasteiger partial charge >= 0.3 is 17.8 Å². The van der Waals surface area contributed by atoms with Crippen LogP contribution < -0.4 is 11.0 Å². The molecule has 3 N–H and O–H groups in total. The molecule has 232 valence electrons. The van der Waals surface area contributed by atoms with E-state index in [0.717, 1.165) is 34.3 Å². The van der Waals surface area contributed by atoms with Crippen LogP contribution in [0.1, 0.15) is 49.8 Å². The van der Waals surface area contributed by atoms with Crippen LogP contribution >= 0.6 is 0 Å². The number of aromatic amines is 1. The number of carbonyl (C=O) groups excluding carboxylic acids is 1. The van der Waals surface area contributed by atoms with Gasteiger partial charge in [-0.2, -0.15) is 18.3 Å². The number of aromatic nitrogens is 4. The maximum atomic E-state index is 12.5. The average Bonchev–Trinajstić information content (AvgIpc) is 3.40. The van der Waals surface area contributed by atoms with Crippen LogP contribution in [0.15, 0.2) is 71.4 Å². The molecule has 0 spiro atoms. The number of alkyl halides is 3. The van der Waals surface area contributed by atoms with Crippen molar-refractivity contribution in [2.75, 3.05) is 12.4 Å². The monoisotopic (exact) mass is 602 g/mol. The first-order valence-corrected chi connectivity index (χ1v) is 13.2. The zero-order valence-electron chi connectivity index (χ0n) is 24.2. The summed E-state index contributed by atoms with van der Waals surface area (Å²) in [5.74, 6) is 0.0340. The molecule has 4 rings (SSSR count). The molecular formula is C30H37F3N6O4. The summed E-state index contributed by atoms with van der Waals surface area (Å²) < 4.78 is 38.4. The van der Waals surface area contributed by atoms with E-state index in [4.69, 9.17) is 9.90 Å². The number of aliphatic carboxylic acids is 1. The number of nitrogens with one attached hydrogen (secondary N) is 2. The zero-order chi connectivity index (χ0) is 32.4. The van der Waals surface area contributed by atoms with Gasteiger partial charge in [0, 0.05) is 48.9 Å². The minimum atomic E-state index is -4.46. The first kappa shape index (κ1) is 36.2. The number of halogens is 3. The number of hydrogen-bond donors (Lipinski definition) is 3. The molecule has 1 aliphatic rings. The number of rotatable bonds is 7. The van der Waals surface area contributed by atoms with E-state index in [1.807, 2.05) is 38.1 Å². The van der Waals surface area contributed by atoms with Crippen molar-refractivity contribution in [2.24, 2.45) is 10.9 Å². The summed E-state index contributed by atoms with van der Waals surface area (Å²) in [5, 5.41) is 14.9. The topological polar surface area (TPSA) is 142 Å². The number of carboxylic acids is 1. The van der Waals surface area contributed by atoms with Gasteiger partial charge in [-0.05, 0) is 56.2 Å². The van der Waals surface area contributed by atoms with E-state index in [1.165, 1.54) is 44.5 Å². The largest absolute Gasteiger partial charge is 0.481 e. The van der Waals surface area contributed by atoms with Crippen molar-refractivity contribution in [3.8, 4) is 11.1 Å². The molecule has 0 amide bonds. The number of allylic oxidation sites excluding steroid dienone is 2. The first-order valence-electron chi connectivity index (χ1n) is 13.2. The second-order valence-electron chi connectivity index (χ2n) is 9.26. The van der Waals surface area contributed by atoms with Crippen LogP contribution in [0.4, 0.5) is 18.9 Å². The molecule has 2 aromatic heterocycles. The lowest BCUT2D eigenvalue weighted by Gasteiger charge is -2.18. The molecule has 1 aliphatic carbocycles. The molecule has 1 aromatic carbocycles. The van der Waals surface area contributed by atoms with Crippen molar-refractivity contribution < 1.29 is 27.9 Å². The maximum Gasteiger partial charge on any atom is 0.435 e. The van der Waals surface area contributed by atoms with Gasteiger partial charge in [0.05, 0.1) is 0 Å². The van der Waals surface area contributed by atoms with E-state index in [1.54, 1.807) is 12.4 Å². The Bertz CT molecular complexity index is 1370. The van der Waals surface area contributed by atoms with Gasteiger partial charge in [-0.15, -0.1) is 0 Å². The molecule has 10 nitrogen and oxygen atoms in total. The molecule has 0 unspecified atom stereocenters. The predicted molar refractivity (Wildman–Crippen MR) is 162 cm³/mol. The number of anilines is 1. The SMILES string of the molecule is C=C/C=C(\N=C)n1cc(C)c(C(F)(F)F)n1.C=O.CNc1ccc(-c2cnc(=O)[nH]c2)cc1.O=C(O)CC1CCCCC1. The lowest BCUT2D eigenvalue weighted by atomic mass is 9.87. The minimum absolute atomic E-state index is 0.0334. The standard InChI is InChI=1S/C11H11N3O.C10H10F3N3.C8H14O2.CH2O/c1-12-10-4-2-8(3-5-10)9-6-13-11(15)14-7-9;1-4-5-8(14-3)16-6-7(2)9(15-16)10(11,12)13;9-8(10)6-7-4-2-1-3-5-7;1-2/h2-7,12H,1H3,(H,13,14,15);4-6H,1,3H2,2H3;7H,1-6H2,(H,9,10);1H2/b;8-5+;;.